The molecule has 6 nitrogen and oxygen atoms in total. The molecule has 100 valence electrons. The van der Waals surface area contributed by atoms with E-state index in [2.05, 4.69) is 10.3 Å². The first-order valence-corrected chi connectivity index (χ1v) is 6.13. The number of imidazole rings is 1. The lowest BCUT2D eigenvalue weighted by atomic mass is 10.3. The second-order valence-electron chi connectivity index (χ2n) is 4.00. The third kappa shape index (κ3) is 3.00. The van der Waals surface area contributed by atoms with Gasteiger partial charge in [-0.2, -0.15) is 0 Å². The standard InChI is InChI=1S/C12H14N4O2S/c1-8(16-5-4-14-11(16)10(13)19)12(17)15-7-9-3-2-6-18-9/h2-6,8H,7H2,1H3,(H2,13,19)(H,15,17). The number of rotatable bonds is 5. The highest BCUT2D eigenvalue weighted by Gasteiger charge is 2.18. The third-order valence-electron chi connectivity index (χ3n) is 2.70. The lowest BCUT2D eigenvalue weighted by Crippen LogP contribution is -2.32. The molecule has 0 aliphatic carbocycles. The number of nitrogens with two attached hydrogens (primary N) is 1. The Hall–Kier alpha value is -2.15. The van der Waals surface area contributed by atoms with E-state index in [0.717, 1.165) is 0 Å². The summed E-state index contributed by atoms with van der Waals surface area (Å²) in [6.07, 6.45) is 4.79. The molecule has 2 aromatic rings. The Kier molecular flexibility index (Phi) is 3.96. The van der Waals surface area contributed by atoms with Gasteiger partial charge in [0.1, 0.15) is 16.8 Å². The summed E-state index contributed by atoms with van der Waals surface area (Å²) in [5.41, 5.74) is 5.55. The maximum absolute atomic E-state index is 12.0. The van der Waals surface area contributed by atoms with Crippen LogP contribution in [0.2, 0.25) is 0 Å². The molecule has 1 amide bonds. The summed E-state index contributed by atoms with van der Waals surface area (Å²) >= 11 is 4.89. The number of nitrogens with zero attached hydrogens (tertiary/aromatic N) is 2. The van der Waals surface area contributed by atoms with E-state index >= 15 is 0 Å². The van der Waals surface area contributed by atoms with Crippen molar-refractivity contribution in [1.82, 2.24) is 14.9 Å². The molecule has 2 aromatic heterocycles. The normalized spacial score (nSPS) is 12.1. The number of carbonyl (C=O) groups is 1. The molecule has 0 saturated carbocycles. The predicted molar refractivity (Wildman–Crippen MR) is 73.4 cm³/mol. The minimum atomic E-state index is -0.450. The molecule has 0 aliphatic rings. The fourth-order valence-electron chi connectivity index (χ4n) is 1.68. The van der Waals surface area contributed by atoms with Gasteiger partial charge in [0.05, 0.1) is 12.8 Å². The van der Waals surface area contributed by atoms with Crippen LogP contribution in [0.25, 0.3) is 0 Å². The topological polar surface area (TPSA) is 86.1 Å². The summed E-state index contributed by atoms with van der Waals surface area (Å²) in [7, 11) is 0. The van der Waals surface area contributed by atoms with Gasteiger partial charge in [-0.3, -0.25) is 4.79 Å². The number of thiocarbonyl (C=S) groups is 1. The number of hydrogen-bond acceptors (Lipinski definition) is 4. The van der Waals surface area contributed by atoms with Gasteiger partial charge in [0.25, 0.3) is 0 Å². The summed E-state index contributed by atoms with van der Waals surface area (Å²) in [6, 6.07) is 3.11. The minimum Gasteiger partial charge on any atom is -0.467 e. The Bertz CT molecular complexity index is 576. The third-order valence-corrected chi connectivity index (χ3v) is 2.89. The zero-order valence-electron chi connectivity index (χ0n) is 10.4. The molecule has 0 saturated heterocycles. The van der Waals surface area contributed by atoms with Gasteiger partial charge in [0.15, 0.2) is 5.82 Å². The maximum atomic E-state index is 12.0. The fourth-order valence-corrected chi connectivity index (χ4v) is 1.84. The van der Waals surface area contributed by atoms with Crippen LogP contribution in [-0.2, 0) is 11.3 Å². The van der Waals surface area contributed by atoms with Crippen LogP contribution in [0.5, 0.6) is 0 Å². The monoisotopic (exact) mass is 278 g/mol. The Morgan fingerprint density at radius 1 is 1.68 bits per heavy atom. The molecule has 19 heavy (non-hydrogen) atoms. The average molecular weight is 278 g/mol. The maximum Gasteiger partial charge on any atom is 0.243 e. The summed E-state index contributed by atoms with van der Waals surface area (Å²) in [4.78, 5) is 16.2. The molecule has 1 atom stereocenters. The minimum absolute atomic E-state index is 0.160. The van der Waals surface area contributed by atoms with E-state index in [1.807, 2.05) is 0 Å². The van der Waals surface area contributed by atoms with Crippen molar-refractivity contribution in [3.8, 4) is 0 Å². The van der Waals surface area contributed by atoms with Crippen LogP contribution in [0, 0.1) is 0 Å². The highest BCUT2D eigenvalue weighted by Crippen LogP contribution is 2.10. The molecule has 0 aliphatic heterocycles. The van der Waals surface area contributed by atoms with Crippen molar-refractivity contribution in [2.24, 2.45) is 5.73 Å². The first-order chi connectivity index (χ1) is 9.09. The van der Waals surface area contributed by atoms with Crippen LogP contribution in [0.15, 0.2) is 35.2 Å². The fraction of sp³-hybridized carbons (Fsp3) is 0.250. The van der Waals surface area contributed by atoms with E-state index in [1.165, 1.54) is 0 Å². The van der Waals surface area contributed by atoms with Crippen LogP contribution in [0.3, 0.4) is 0 Å². The van der Waals surface area contributed by atoms with Crippen LogP contribution < -0.4 is 11.1 Å². The van der Waals surface area contributed by atoms with E-state index in [-0.39, 0.29) is 10.9 Å². The number of amides is 1. The first kappa shape index (κ1) is 13.3. The van der Waals surface area contributed by atoms with Gasteiger partial charge >= 0.3 is 0 Å². The highest BCUT2D eigenvalue weighted by molar-refractivity contribution is 7.80. The van der Waals surface area contributed by atoms with E-state index in [9.17, 15) is 4.79 Å². The van der Waals surface area contributed by atoms with Crippen LogP contribution in [0.4, 0.5) is 0 Å². The number of hydrogen-bond donors (Lipinski definition) is 2. The summed E-state index contributed by atoms with van der Waals surface area (Å²) in [6.45, 7) is 2.09. The van der Waals surface area contributed by atoms with Gasteiger partial charge in [0, 0.05) is 12.4 Å². The van der Waals surface area contributed by atoms with Crippen molar-refractivity contribution < 1.29 is 9.21 Å². The van der Waals surface area contributed by atoms with Crippen LogP contribution in [0.1, 0.15) is 24.6 Å². The lowest BCUT2D eigenvalue weighted by Gasteiger charge is -2.15. The van der Waals surface area contributed by atoms with Crippen LogP contribution in [-0.4, -0.2) is 20.4 Å². The van der Waals surface area contributed by atoms with Crippen molar-refractivity contribution in [3.05, 3.63) is 42.4 Å². The second-order valence-corrected chi connectivity index (χ2v) is 4.44. The number of carbonyl (C=O) groups excluding carboxylic acids is 1. The zero-order chi connectivity index (χ0) is 13.8. The van der Waals surface area contributed by atoms with Gasteiger partial charge in [-0.15, -0.1) is 0 Å². The number of aromatic nitrogens is 2. The van der Waals surface area contributed by atoms with E-state index in [0.29, 0.717) is 18.1 Å². The second kappa shape index (κ2) is 5.66. The molecule has 1 unspecified atom stereocenters. The molecular weight excluding hydrogens is 264 g/mol. The van der Waals surface area contributed by atoms with Crippen LogP contribution >= 0.6 is 12.2 Å². The Balaban J connectivity index is 2.02. The van der Waals surface area contributed by atoms with Gasteiger partial charge in [-0.25, -0.2) is 4.98 Å². The summed E-state index contributed by atoms with van der Waals surface area (Å²) in [5.74, 6) is 0.961. The van der Waals surface area contributed by atoms with E-state index in [4.69, 9.17) is 22.4 Å². The largest absolute Gasteiger partial charge is 0.467 e. The molecule has 0 radical (unpaired) electrons. The van der Waals surface area contributed by atoms with Crippen molar-refractivity contribution in [2.75, 3.05) is 0 Å². The quantitative estimate of drug-likeness (QED) is 0.796. The predicted octanol–water partition coefficient (Wildman–Crippen LogP) is 0.988. The molecule has 2 heterocycles. The smallest absolute Gasteiger partial charge is 0.243 e. The molecule has 0 fully saturated rings. The van der Waals surface area contributed by atoms with Gasteiger partial charge in [0.2, 0.25) is 5.91 Å². The van der Waals surface area contributed by atoms with Gasteiger partial charge in [-0.05, 0) is 19.1 Å². The average Bonchev–Trinajstić information content (AvgIpc) is 3.05. The summed E-state index contributed by atoms with van der Waals surface area (Å²) < 4.78 is 6.78. The Morgan fingerprint density at radius 2 is 2.47 bits per heavy atom. The molecule has 3 N–H and O–H groups in total. The number of nitrogens with one attached hydrogen (secondary N) is 1. The van der Waals surface area contributed by atoms with Gasteiger partial charge in [-0.1, -0.05) is 12.2 Å². The molecule has 2 rings (SSSR count). The summed E-state index contributed by atoms with van der Waals surface area (Å²) in [5, 5.41) is 2.77. The first-order valence-electron chi connectivity index (χ1n) is 5.72. The van der Waals surface area contributed by atoms with E-state index in [1.54, 1.807) is 42.3 Å². The number of furan rings is 1. The highest BCUT2D eigenvalue weighted by atomic mass is 32.1. The zero-order valence-corrected chi connectivity index (χ0v) is 11.2. The van der Waals surface area contributed by atoms with Crippen molar-refractivity contribution in [2.45, 2.75) is 19.5 Å². The molecule has 0 bridgehead atoms. The van der Waals surface area contributed by atoms with Gasteiger partial charge < -0.3 is 20.0 Å². The molecule has 7 heteroatoms. The molecule has 0 spiro atoms. The Morgan fingerprint density at radius 3 is 3.11 bits per heavy atom. The lowest BCUT2D eigenvalue weighted by molar-refractivity contribution is -0.124. The van der Waals surface area contributed by atoms with Crippen molar-refractivity contribution in [1.29, 1.82) is 0 Å². The van der Waals surface area contributed by atoms with E-state index < -0.39 is 6.04 Å². The molecule has 0 aromatic carbocycles. The Labute approximate surface area is 115 Å². The van der Waals surface area contributed by atoms with Crippen molar-refractivity contribution in [3.63, 3.8) is 0 Å². The SMILES string of the molecule is CC(C(=O)NCc1ccco1)n1ccnc1C(N)=S. The molecular formula is C12H14N4O2S. The van der Waals surface area contributed by atoms with Crippen molar-refractivity contribution >= 4 is 23.1 Å².